The zero-order valence-corrected chi connectivity index (χ0v) is 16.9. The second kappa shape index (κ2) is 8.24. The van der Waals surface area contributed by atoms with Gasteiger partial charge in [-0.2, -0.15) is 0 Å². The van der Waals surface area contributed by atoms with Gasteiger partial charge in [0.05, 0.1) is 28.6 Å². The Bertz CT molecular complexity index is 560. The number of carbonyl (C=O) groups is 4. The molecule has 1 heterocycles. The first-order valence-electron chi connectivity index (χ1n) is 8.71. The fraction of sp³-hybridized carbons (Fsp3) is 0.750. The summed E-state index contributed by atoms with van der Waals surface area (Å²) in [5.74, 6) is 0.142. The molecule has 25 heavy (non-hydrogen) atoms. The summed E-state index contributed by atoms with van der Waals surface area (Å²) >= 11 is 3.12. The number of nitrogens with one attached hydrogen (secondary N) is 1. The summed E-state index contributed by atoms with van der Waals surface area (Å²) in [7, 11) is 0. The minimum absolute atomic E-state index is 0.0360. The number of hydrogen-bond donors (Lipinski definition) is 1. The molecular formula is C16H22IN3O4S. The van der Waals surface area contributed by atoms with Crippen LogP contribution in [0.3, 0.4) is 0 Å². The van der Waals surface area contributed by atoms with Gasteiger partial charge in [-0.15, -0.1) is 0 Å². The summed E-state index contributed by atoms with van der Waals surface area (Å²) in [6.07, 6.45) is 5.15. The van der Waals surface area contributed by atoms with Gasteiger partial charge in [0.25, 0.3) is 5.24 Å². The van der Waals surface area contributed by atoms with Crippen molar-refractivity contribution in [2.24, 2.45) is 11.8 Å². The molecule has 1 N–H and O–H groups in total. The summed E-state index contributed by atoms with van der Waals surface area (Å²) in [5.41, 5.74) is 0. The lowest BCUT2D eigenvalue weighted by molar-refractivity contribution is -0.133. The highest BCUT2D eigenvalue weighted by Gasteiger charge is 2.37. The number of carbonyl (C=O) groups excluding carboxylic acids is 4. The molecule has 7 nitrogen and oxygen atoms in total. The van der Waals surface area contributed by atoms with Crippen LogP contribution in [0.15, 0.2) is 0 Å². The molecule has 0 radical (unpaired) electrons. The van der Waals surface area contributed by atoms with E-state index in [1.165, 1.54) is 4.90 Å². The second-order valence-electron chi connectivity index (χ2n) is 6.82. The lowest BCUT2D eigenvalue weighted by Crippen LogP contribution is -2.41. The Hall–Kier alpha value is -0.840. The maximum absolute atomic E-state index is 12.4. The van der Waals surface area contributed by atoms with E-state index in [1.54, 1.807) is 0 Å². The number of hydrogen-bond acceptors (Lipinski definition) is 5. The van der Waals surface area contributed by atoms with E-state index >= 15 is 0 Å². The van der Waals surface area contributed by atoms with Crippen molar-refractivity contribution in [1.82, 2.24) is 13.3 Å². The molecule has 138 valence electrons. The van der Waals surface area contributed by atoms with E-state index in [0.29, 0.717) is 12.6 Å². The fourth-order valence-electron chi connectivity index (χ4n) is 3.29. The Kier molecular flexibility index (Phi) is 6.24. The Morgan fingerprint density at radius 1 is 1.12 bits per heavy atom. The van der Waals surface area contributed by atoms with Gasteiger partial charge in [0.1, 0.15) is 0 Å². The van der Waals surface area contributed by atoms with Gasteiger partial charge in [-0.1, -0.05) is 11.8 Å². The van der Waals surface area contributed by atoms with Gasteiger partial charge in [0, 0.05) is 31.0 Å². The van der Waals surface area contributed by atoms with Crippen LogP contribution in [0, 0.1) is 11.8 Å². The molecule has 0 spiro atoms. The highest BCUT2D eigenvalue weighted by molar-refractivity contribution is 14.1. The highest BCUT2D eigenvalue weighted by atomic mass is 127. The first-order chi connectivity index (χ1) is 12.0. The SMILES string of the molecule is O=C(NCCN1C(=O)CSC1=O)C1CCC(C(=O)N(I)C2CC2)CC1. The Morgan fingerprint density at radius 2 is 1.76 bits per heavy atom. The molecule has 0 aromatic rings. The summed E-state index contributed by atoms with van der Waals surface area (Å²) < 4.78 is 1.85. The van der Waals surface area contributed by atoms with E-state index in [-0.39, 0.29) is 47.1 Å². The van der Waals surface area contributed by atoms with Gasteiger partial charge >= 0.3 is 0 Å². The topological polar surface area (TPSA) is 86.8 Å². The number of thioether (sulfide) groups is 1. The Labute approximate surface area is 165 Å². The number of imide groups is 1. The predicted molar refractivity (Wildman–Crippen MR) is 102 cm³/mol. The lowest BCUT2D eigenvalue weighted by Gasteiger charge is -2.29. The van der Waals surface area contributed by atoms with E-state index in [2.05, 4.69) is 28.2 Å². The Morgan fingerprint density at radius 3 is 2.32 bits per heavy atom. The van der Waals surface area contributed by atoms with E-state index < -0.39 is 0 Å². The molecule has 9 heteroatoms. The number of rotatable bonds is 6. The third kappa shape index (κ3) is 4.66. The third-order valence-electron chi connectivity index (χ3n) is 5.00. The number of nitrogens with zero attached hydrogens (tertiary/aromatic N) is 2. The average Bonchev–Trinajstić information content (AvgIpc) is 3.42. The second-order valence-corrected chi connectivity index (χ2v) is 8.79. The fourth-order valence-corrected chi connectivity index (χ4v) is 4.99. The molecule has 0 atom stereocenters. The largest absolute Gasteiger partial charge is 0.354 e. The summed E-state index contributed by atoms with van der Waals surface area (Å²) in [6, 6.07) is 0.420. The highest BCUT2D eigenvalue weighted by Crippen LogP contribution is 2.35. The van der Waals surface area contributed by atoms with Crippen molar-refractivity contribution in [3.05, 3.63) is 0 Å². The normalized spacial score (nSPS) is 26.7. The van der Waals surface area contributed by atoms with Gasteiger partial charge < -0.3 is 5.32 Å². The minimum Gasteiger partial charge on any atom is -0.354 e. The van der Waals surface area contributed by atoms with E-state index in [1.807, 2.05) is 3.11 Å². The molecule has 3 aliphatic rings. The van der Waals surface area contributed by atoms with Gasteiger partial charge in [0.2, 0.25) is 17.7 Å². The molecule has 0 aromatic carbocycles. The number of amides is 4. The molecule has 3 rings (SSSR count). The van der Waals surface area contributed by atoms with Gasteiger partial charge in [-0.05, 0) is 38.5 Å². The van der Waals surface area contributed by atoms with E-state index in [0.717, 1.165) is 50.3 Å². The van der Waals surface area contributed by atoms with Crippen LogP contribution in [0.5, 0.6) is 0 Å². The van der Waals surface area contributed by atoms with Gasteiger partial charge in [-0.3, -0.25) is 27.2 Å². The van der Waals surface area contributed by atoms with Crippen LogP contribution in [0.25, 0.3) is 0 Å². The van der Waals surface area contributed by atoms with Crippen LogP contribution in [-0.2, 0) is 14.4 Å². The van der Waals surface area contributed by atoms with Crippen LogP contribution < -0.4 is 5.32 Å². The number of halogens is 1. The monoisotopic (exact) mass is 479 g/mol. The molecule has 3 fully saturated rings. The smallest absolute Gasteiger partial charge is 0.288 e. The van der Waals surface area contributed by atoms with Crippen molar-refractivity contribution < 1.29 is 19.2 Å². The van der Waals surface area contributed by atoms with Crippen molar-refractivity contribution in [2.75, 3.05) is 18.8 Å². The van der Waals surface area contributed by atoms with Crippen molar-refractivity contribution in [2.45, 2.75) is 44.6 Å². The van der Waals surface area contributed by atoms with Crippen molar-refractivity contribution in [3.8, 4) is 0 Å². The van der Waals surface area contributed by atoms with Gasteiger partial charge in [0.15, 0.2) is 0 Å². The molecule has 1 saturated heterocycles. The van der Waals surface area contributed by atoms with E-state index in [9.17, 15) is 19.2 Å². The molecule has 0 bridgehead atoms. The van der Waals surface area contributed by atoms with Crippen molar-refractivity contribution in [3.63, 3.8) is 0 Å². The summed E-state index contributed by atoms with van der Waals surface area (Å²) in [4.78, 5) is 48.8. The third-order valence-corrected chi connectivity index (χ3v) is 7.12. The zero-order valence-electron chi connectivity index (χ0n) is 13.9. The molecular weight excluding hydrogens is 457 g/mol. The molecule has 2 saturated carbocycles. The molecule has 0 unspecified atom stereocenters. The lowest BCUT2D eigenvalue weighted by atomic mass is 9.81. The van der Waals surface area contributed by atoms with Crippen LogP contribution >= 0.6 is 34.6 Å². The first kappa shape index (κ1) is 18.9. The molecule has 2 aliphatic carbocycles. The van der Waals surface area contributed by atoms with Crippen LogP contribution in [0.1, 0.15) is 38.5 Å². The Balaban J connectivity index is 1.37. The van der Waals surface area contributed by atoms with Crippen LogP contribution in [0.2, 0.25) is 0 Å². The van der Waals surface area contributed by atoms with Crippen LogP contribution in [0.4, 0.5) is 4.79 Å². The minimum atomic E-state index is -0.239. The average molecular weight is 479 g/mol. The van der Waals surface area contributed by atoms with Gasteiger partial charge in [-0.25, -0.2) is 0 Å². The van der Waals surface area contributed by atoms with E-state index in [4.69, 9.17) is 0 Å². The standard InChI is InChI=1S/C16H22IN3O4S/c17-20(12-5-6-12)15(23)11-3-1-10(2-4-11)14(22)18-7-8-19-13(21)9-25-16(19)24/h10-12H,1-9H2,(H,18,22). The van der Waals surface area contributed by atoms with Crippen molar-refractivity contribution >= 4 is 57.6 Å². The quantitative estimate of drug-likeness (QED) is 0.465. The zero-order chi connectivity index (χ0) is 18.0. The maximum atomic E-state index is 12.4. The summed E-state index contributed by atoms with van der Waals surface area (Å²) in [6.45, 7) is 0.522. The van der Waals surface area contributed by atoms with Crippen LogP contribution in [-0.4, -0.2) is 55.9 Å². The molecule has 4 amide bonds. The summed E-state index contributed by atoms with van der Waals surface area (Å²) in [5, 5.41) is 2.59. The molecule has 1 aliphatic heterocycles. The maximum Gasteiger partial charge on any atom is 0.288 e. The molecule has 0 aromatic heterocycles. The first-order valence-corrected chi connectivity index (χ1v) is 10.7. The predicted octanol–water partition coefficient (Wildman–Crippen LogP) is 1.95. The van der Waals surface area contributed by atoms with Crippen molar-refractivity contribution in [1.29, 1.82) is 0 Å².